The Morgan fingerprint density at radius 2 is 0.256 bits per heavy atom. The molecule has 4 N–H and O–H groups in total. The molecule has 0 aliphatic carbocycles. The predicted molar refractivity (Wildman–Crippen MR) is 573 cm³/mol. The van der Waals surface area contributed by atoms with Gasteiger partial charge in [0.05, 0.1) is 0 Å². The zero-order chi connectivity index (χ0) is 94.6. The van der Waals surface area contributed by atoms with Crippen LogP contribution >= 0.6 is 0 Å². The summed E-state index contributed by atoms with van der Waals surface area (Å²) < 4.78 is 69.5. The van der Waals surface area contributed by atoms with Gasteiger partial charge in [0.15, 0.2) is 8.32 Å². The number of hydrogen-bond acceptors (Lipinski definition) is 12. The molecule has 0 spiro atoms. The molecule has 25 heteroatoms. The van der Waals surface area contributed by atoms with Crippen molar-refractivity contribution < 1.29 is 94.9 Å². The molecule has 0 aliphatic heterocycles. The molecule has 0 aromatic heterocycles. The van der Waals surface area contributed by atoms with Crippen molar-refractivity contribution in [1.29, 1.82) is 0 Å². The maximum Gasteiger partial charge on any atom is 0.474 e. The first-order chi connectivity index (χ1) is 63.2. The van der Waals surface area contributed by atoms with Crippen molar-refractivity contribution in [2.75, 3.05) is 0 Å². The molecule has 16 aromatic rings. The van der Waals surface area contributed by atoms with Crippen molar-refractivity contribution in [1.82, 2.24) is 0 Å². The van der Waals surface area contributed by atoms with E-state index in [0.717, 1.165) is 72.6 Å². The van der Waals surface area contributed by atoms with Crippen molar-refractivity contribution in [3.8, 4) is 0 Å². The fourth-order valence-electron chi connectivity index (χ4n) is 15.1. The second kappa shape index (κ2) is 52.0. The average Bonchev–Trinajstić information content (AvgIpc) is 0.760. The van der Waals surface area contributed by atoms with Crippen LogP contribution in [-0.2, 0) is 34.0 Å². The van der Waals surface area contributed by atoms with E-state index in [-0.39, 0.29) is 41.7 Å². The molecule has 0 amide bonds. The van der Waals surface area contributed by atoms with Gasteiger partial charge in [0, 0.05) is 86.0 Å². The summed E-state index contributed by atoms with van der Waals surface area (Å²) in [6.07, 6.45) is 0. The Bertz CT molecular complexity index is 5160. The van der Waals surface area contributed by atoms with Crippen LogP contribution in [0, 0.1) is 41.7 Å². The minimum atomic E-state index is -3.58. The molecule has 12 nitrogen and oxygen atoms in total. The zero-order valence-corrected chi connectivity index (χ0v) is 92.9. The molecule has 16 rings (SSSR count). The minimum absolute atomic E-state index is 0. The molecule has 16 aromatic carbocycles. The van der Waals surface area contributed by atoms with Crippen LogP contribution < -0.4 is 83.0 Å². The second-order valence-corrected chi connectivity index (χ2v) is 70.4. The summed E-state index contributed by atoms with van der Waals surface area (Å²) in [7, 11) is -30.0. The number of hydrogen-bond donors (Lipinski definition) is 4. The zero-order valence-electron chi connectivity index (χ0n) is 77.7. The summed E-state index contributed by atoms with van der Waals surface area (Å²) in [5.41, 5.74) is 0. The van der Waals surface area contributed by atoms with Crippen LogP contribution in [0.5, 0.6) is 0 Å². The molecular weight excluding hydrogens is 1970 g/mol. The van der Waals surface area contributed by atoms with Crippen LogP contribution in [0.4, 0.5) is 0 Å². The standard InChI is InChI=1S/2C27H30O3Si3.C15H20O2Si2.3C12H10OSi.C3H10OSi.Ce/c2*1-31(24-16-8-4-9-17-24,25-18-10-5-11-19-25)29-33(3,28)30-32(2,26-20-12-6-13-21-26)27-22-14-7-15-23-27;1-18(2,16)17-19(3,14-10-6-4-7-11-14)15-12-8-5-9-13-15;3*13-14(11-7-3-1-4-8-11)12-9-5-2-6-10-12;1-5(2,3)4;/h2*4-23,28H,1-3H3;4-13,16H,1-3H3;3*1-10H;4H,1-3H3;. The summed E-state index contributed by atoms with van der Waals surface area (Å²) in [6.45, 7) is 23.6. The molecule has 676 valence electrons. The summed E-state index contributed by atoms with van der Waals surface area (Å²) in [5, 5.41) is 16.8. The molecular formula is C108H120CeO12Si12. The molecule has 0 saturated heterocycles. The predicted octanol–water partition coefficient (Wildman–Crippen LogP) is 13.3. The topological polar surface area (TPSA) is 178 Å². The molecule has 0 atom stereocenters. The van der Waals surface area contributed by atoms with Crippen molar-refractivity contribution in [3.05, 3.63) is 485 Å². The Morgan fingerprint density at radius 1 is 0.165 bits per heavy atom. The van der Waals surface area contributed by atoms with Crippen molar-refractivity contribution >= 4 is 185 Å². The third-order valence-corrected chi connectivity index (χ3v) is 57.2. The molecule has 0 bridgehead atoms. The molecule has 0 aliphatic rings. The van der Waals surface area contributed by atoms with Gasteiger partial charge in [0.1, 0.15) is 0 Å². The van der Waals surface area contributed by atoms with E-state index in [1.807, 2.05) is 397 Å². The molecule has 0 fully saturated rings. The smallest absolute Gasteiger partial charge is 0.433 e. The van der Waals surface area contributed by atoms with E-state index in [1.54, 1.807) is 13.1 Å². The van der Waals surface area contributed by atoms with E-state index in [4.69, 9.17) is 25.4 Å². The quantitative estimate of drug-likeness (QED) is 0.0378. The Kier molecular flexibility index (Phi) is 41.9. The van der Waals surface area contributed by atoms with Gasteiger partial charge in [-0.3, -0.25) is 0 Å². The van der Waals surface area contributed by atoms with Gasteiger partial charge in [0.25, 0.3) is 0 Å². The van der Waals surface area contributed by atoms with Crippen molar-refractivity contribution in [2.45, 2.75) is 78.6 Å². The maximum atomic E-state index is 12.0. The van der Waals surface area contributed by atoms with Crippen LogP contribution in [0.3, 0.4) is 0 Å². The summed E-state index contributed by atoms with van der Waals surface area (Å²) >= 11 is 0. The molecule has 133 heavy (non-hydrogen) atoms. The van der Waals surface area contributed by atoms with Gasteiger partial charge in [0.2, 0.25) is 41.6 Å². The van der Waals surface area contributed by atoms with Crippen LogP contribution in [0.2, 0.25) is 78.6 Å². The van der Waals surface area contributed by atoms with Crippen LogP contribution in [0.1, 0.15) is 0 Å². The van der Waals surface area contributed by atoms with E-state index in [2.05, 4.69) is 154 Å². The normalized spacial score (nSPS) is 11.5. The van der Waals surface area contributed by atoms with E-state index >= 15 is 0 Å². The molecule has 0 saturated carbocycles. The van der Waals surface area contributed by atoms with E-state index in [9.17, 15) is 27.8 Å². The van der Waals surface area contributed by atoms with Gasteiger partial charge in [-0.25, -0.2) is 0 Å². The number of rotatable bonds is 26. The Labute approximate surface area is 835 Å². The van der Waals surface area contributed by atoms with Crippen molar-refractivity contribution in [2.24, 2.45) is 0 Å². The van der Waals surface area contributed by atoms with Gasteiger partial charge in [-0.05, 0) is 117 Å². The van der Waals surface area contributed by atoms with Gasteiger partial charge >= 0.3 is 52.2 Å². The van der Waals surface area contributed by atoms with Crippen LogP contribution in [-0.4, -0.2) is 121 Å². The van der Waals surface area contributed by atoms with Crippen LogP contribution in [0.15, 0.2) is 485 Å². The van der Waals surface area contributed by atoms with Gasteiger partial charge < -0.3 is 53.1 Å². The third kappa shape index (κ3) is 32.9. The first-order valence-corrected chi connectivity index (χ1v) is 71.2. The SMILES string of the molecule is C[Si](C)(C)O.C[Si](C)(O)O[Si](C)(c1ccccc1)c1ccccc1.C[Si](O)(O[Si](C)(c1ccccc1)c1ccccc1)O[Si](C)(c1ccccc1)c1ccccc1.C[Si](O)(O[Si](C)(c1ccccc1)c1ccccc1)O[Si](C)(c1ccccc1)c1ccccc1.O=[Si](c1ccccc1)c1ccccc1.O=[Si](c1ccccc1)c1ccccc1.O=[Si](c1ccccc1)c1ccccc1.[Ce]. The first-order valence-electron chi connectivity index (χ1n) is 44.1. The van der Waals surface area contributed by atoms with Crippen LogP contribution in [0.25, 0.3) is 0 Å². The monoisotopic (exact) mass is 2080 g/mol. The molecule has 0 heterocycles. The van der Waals surface area contributed by atoms with E-state index in [0.29, 0.717) is 0 Å². The average molecular weight is 2090 g/mol. The summed E-state index contributed by atoms with van der Waals surface area (Å²) in [5.74, 6) is 0. The third-order valence-electron chi connectivity index (χ3n) is 21.5. The fourth-order valence-corrected chi connectivity index (χ4v) is 50.9. The Hall–Kier alpha value is -9.46. The first kappa shape index (κ1) is 107. The molecule has 0 radical (unpaired) electrons. The van der Waals surface area contributed by atoms with E-state index in [1.165, 1.54) is 10.4 Å². The maximum absolute atomic E-state index is 12.0. The van der Waals surface area contributed by atoms with Gasteiger partial charge in [-0.1, -0.05) is 485 Å². The summed E-state index contributed by atoms with van der Waals surface area (Å²) in [6, 6.07) is 160. The van der Waals surface area contributed by atoms with E-state index < -0.39 is 102 Å². The summed E-state index contributed by atoms with van der Waals surface area (Å²) in [4.78, 5) is 42.5. The van der Waals surface area contributed by atoms with Crippen molar-refractivity contribution in [3.63, 3.8) is 0 Å². The minimum Gasteiger partial charge on any atom is -0.433 e. The second-order valence-electron chi connectivity index (χ2n) is 33.9. The Morgan fingerprint density at radius 3 is 0.353 bits per heavy atom. The van der Waals surface area contributed by atoms with Gasteiger partial charge in [-0.2, -0.15) is 0 Å². The fraction of sp³-hybridized carbons (Fsp3) is 0.111. The van der Waals surface area contributed by atoms with Gasteiger partial charge in [-0.15, -0.1) is 0 Å². The Balaban J connectivity index is 0.000000184. The molecule has 0 unspecified atom stereocenters. The number of benzene rings is 16. The largest absolute Gasteiger partial charge is 0.474 e.